The quantitative estimate of drug-likeness (QED) is 0.817. The Bertz CT molecular complexity index is 475. The molecule has 1 fully saturated rings. The van der Waals surface area contributed by atoms with Gasteiger partial charge in [0.2, 0.25) is 0 Å². The van der Waals surface area contributed by atoms with Gasteiger partial charge in [0.15, 0.2) is 0 Å². The first-order chi connectivity index (χ1) is 8.58. The normalized spacial score (nSPS) is 15.3. The van der Waals surface area contributed by atoms with Gasteiger partial charge in [-0.1, -0.05) is 0 Å². The predicted molar refractivity (Wildman–Crippen MR) is 65.1 cm³/mol. The summed E-state index contributed by atoms with van der Waals surface area (Å²) in [6, 6.07) is 0. The van der Waals surface area contributed by atoms with Crippen LogP contribution in [0.25, 0.3) is 0 Å². The molecule has 0 radical (unpaired) electrons. The number of nitrogens with one attached hydrogen (secondary N) is 1. The minimum Gasteiger partial charge on any atom is -0.375 e. The third-order valence-corrected chi connectivity index (χ3v) is 3.39. The molecular weight excluding hydrogens is 310 g/mol. The van der Waals surface area contributed by atoms with Gasteiger partial charge in [-0.15, -0.1) is 0 Å². The van der Waals surface area contributed by atoms with E-state index in [-0.39, 0.29) is 12.2 Å². The zero-order valence-electron chi connectivity index (χ0n) is 9.59. The summed E-state index contributed by atoms with van der Waals surface area (Å²) in [4.78, 5) is 18.6. The summed E-state index contributed by atoms with van der Waals surface area (Å²) < 4.78 is 28.9. The number of alkyl halides is 2. The van der Waals surface area contributed by atoms with E-state index >= 15 is 0 Å². The number of aromatic amines is 1. The lowest BCUT2D eigenvalue weighted by atomic mass is 10.2. The minimum atomic E-state index is -2.47. The second-order valence-electron chi connectivity index (χ2n) is 4.20. The van der Waals surface area contributed by atoms with Crippen LogP contribution in [0.3, 0.4) is 0 Å². The Kier molecular flexibility index (Phi) is 4.45. The summed E-state index contributed by atoms with van der Waals surface area (Å²) in [5.74, 6) is 0.835. The van der Waals surface area contributed by atoms with Crippen molar-refractivity contribution in [3.63, 3.8) is 0 Å². The molecule has 18 heavy (non-hydrogen) atoms. The van der Waals surface area contributed by atoms with Crippen LogP contribution in [0.2, 0.25) is 0 Å². The van der Waals surface area contributed by atoms with Crippen LogP contribution in [0, 0.1) is 0 Å². The summed E-state index contributed by atoms with van der Waals surface area (Å²) in [6.07, 6.45) is -0.0641. The smallest absolute Gasteiger partial charge is 0.265 e. The first kappa shape index (κ1) is 13.6. The fraction of sp³-hybridized carbons (Fsp3) is 0.636. The number of hydrogen-bond donors (Lipinski definition) is 1. The Morgan fingerprint density at radius 1 is 1.50 bits per heavy atom. The van der Waals surface area contributed by atoms with Crippen molar-refractivity contribution in [1.82, 2.24) is 9.97 Å². The van der Waals surface area contributed by atoms with Gasteiger partial charge >= 0.3 is 0 Å². The highest BCUT2D eigenvalue weighted by Gasteiger charge is 2.28. The van der Waals surface area contributed by atoms with Crippen molar-refractivity contribution in [2.24, 2.45) is 0 Å². The number of halogens is 3. The molecule has 1 aliphatic carbocycles. The molecule has 100 valence electrons. The first-order valence-electron chi connectivity index (χ1n) is 5.72. The number of rotatable bonds is 6. The molecule has 1 saturated carbocycles. The first-order valence-corrected chi connectivity index (χ1v) is 6.51. The van der Waals surface area contributed by atoms with Crippen molar-refractivity contribution in [3.05, 3.63) is 26.3 Å². The number of nitrogens with zero attached hydrogens (tertiary/aromatic N) is 1. The van der Waals surface area contributed by atoms with E-state index < -0.39 is 13.0 Å². The van der Waals surface area contributed by atoms with Gasteiger partial charge < -0.3 is 9.72 Å². The van der Waals surface area contributed by atoms with Gasteiger partial charge in [0.25, 0.3) is 12.0 Å². The van der Waals surface area contributed by atoms with Crippen LogP contribution >= 0.6 is 15.9 Å². The lowest BCUT2D eigenvalue weighted by Crippen LogP contribution is -2.17. The minimum absolute atomic E-state index is 0.124. The molecule has 0 spiro atoms. The van der Waals surface area contributed by atoms with E-state index in [9.17, 15) is 13.6 Å². The molecule has 1 aromatic rings. The van der Waals surface area contributed by atoms with Crippen LogP contribution in [0.1, 0.15) is 30.3 Å². The van der Waals surface area contributed by atoms with Crippen molar-refractivity contribution in [2.75, 3.05) is 13.2 Å². The molecule has 0 aliphatic heterocycles. The van der Waals surface area contributed by atoms with E-state index in [4.69, 9.17) is 4.74 Å². The Morgan fingerprint density at radius 3 is 2.83 bits per heavy atom. The molecule has 7 heteroatoms. The van der Waals surface area contributed by atoms with Crippen molar-refractivity contribution in [2.45, 2.75) is 31.6 Å². The zero-order chi connectivity index (χ0) is 13.1. The number of H-pyrrole nitrogens is 1. The molecule has 1 aromatic heterocycles. The van der Waals surface area contributed by atoms with Crippen molar-refractivity contribution < 1.29 is 13.5 Å². The van der Waals surface area contributed by atoms with Crippen LogP contribution in [-0.2, 0) is 11.2 Å². The highest BCUT2D eigenvalue weighted by molar-refractivity contribution is 9.10. The molecule has 1 heterocycles. The van der Waals surface area contributed by atoms with Gasteiger partial charge in [-0.2, -0.15) is 0 Å². The molecule has 0 amide bonds. The molecule has 1 aliphatic rings. The number of aromatic nitrogens is 2. The fourth-order valence-corrected chi connectivity index (χ4v) is 2.12. The largest absolute Gasteiger partial charge is 0.375 e. The van der Waals surface area contributed by atoms with Crippen LogP contribution in [0.5, 0.6) is 0 Å². The van der Waals surface area contributed by atoms with Gasteiger partial charge in [0.1, 0.15) is 16.9 Å². The lowest BCUT2D eigenvalue weighted by Gasteiger charge is -2.06. The van der Waals surface area contributed by atoms with E-state index in [1.165, 1.54) is 0 Å². The third-order valence-electron chi connectivity index (χ3n) is 2.63. The van der Waals surface area contributed by atoms with Crippen molar-refractivity contribution in [3.8, 4) is 0 Å². The van der Waals surface area contributed by atoms with Gasteiger partial charge in [-0.05, 0) is 28.8 Å². The second-order valence-corrected chi connectivity index (χ2v) is 5.00. The molecule has 1 N–H and O–H groups in total. The van der Waals surface area contributed by atoms with Gasteiger partial charge in [-0.3, -0.25) is 4.79 Å². The molecule has 0 saturated heterocycles. The number of ether oxygens (including phenoxy) is 1. The Balaban J connectivity index is 1.98. The molecule has 0 unspecified atom stereocenters. The average molecular weight is 323 g/mol. The molecule has 4 nitrogen and oxygen atoms in total. The van der Waals surface area contributed by atoms with Crippen molar-refractivity contribution >= 4 is 15.9 Å². The standard InChI is InChI=1S/C11H13BrF2N2O2/c12-9-10(6-1-2-6)15-8(16-11(9)17)3-4-18-5-7(13)14/h6-7H,1-5H2,(H,15,16,17). The van der Waals surface area contributed by atoms with Crippen molar-refractivity contribution in [1.29, 1.82) is 0 Å². The number of hydrogen-bond acceptors (Lipinski definition) is 3. The summed E-state index contributed by atoms with van der Waals surface area (Å²) in [5, 5.41) is 0. The molecule has 0 atom stereocenters. The summed E-state index contributed by atoms with van der Waals surface area (Å²) in [5.41, 5.74) is 0.540. The monoisotopic (exact) mass is 322 g/mol. The fourth-order valence-electron chi connectivity index (χ4n) is 1.61. The average Bonchev–Trinajstić information content (AvgIpc) is 3.12. The lowest BCUT2D eigenvalue weighted by molar-refractivity contribution is 0.0182. The maximum Gasteiger partial charge on any atom is 0.265 e. The van der Waals surface area contributed by atoms with E-state index in [0.717, 1.165) is 18.5 Å². The topological polar surface area (TPSA) is 55.0 Å². The van der Waals surface area contributed by atoms with Crippen LogP contribution in [-0.4, -0.2) is 29.6 Å². The highest BCUT2D eigenvalue weighted by atomic mass is 79.9. The maximum atomic E-state index is 11.9. The third kappa shape index (κ3) is 3.58. The van der Waals surface area contributed by atoms with E-state index in [2.05, 4.69) is 25.9 Å². The zero-order valence-corrected chi connectivity index (χ0v) is 11.2. The Morgan fingerprint density at radius 2 is 2.22 bits per heavy atom. The SMILES string of the molecule is O=c1[nH]c(CCOCC(F)F)nc(C2CC2)c1Br. The van der Waals surface area contributed by atoms with E-state index in [1.807, 2.05) is 0 Å². The molecule has 2 rings (SSSR count). The Labute approximate surface area is 111 Å². The van der Waals surface area contributed by atoms with E-state index in [0.29, 0.717) is 22.6 Å². The molecule has 0 aromatic carbocycles. The summed E-state index contributed by atoms with van der Waals surface area (Å²) in [7, 11) is 0. The second kappa shape index (κ2) is 5.88. The maximum absolute atomic E-state index is 11.9. The van der Waals surface area contributed by atoms with Gasteiger partial charge in [0, 0.05) is 12.3 Å². The Hall–Kier alpha value is -0.820. The van der Waals surface area contributed by atoms with Crippen LogP contribution < -0.4 is 5.56 Å². The van der Waals surface area contributed by atoms with Gasteiger partial charge in [0.05, 0.1) is 12.3 Å². The predicted octanol–water partition coefficient (Wildman–Crippen LogP) is 2.23. The summed E-state index contributed by atoms with van der Waals surface area (Å²) in [6.45, 7) is -0.463. The van der Waals surface area contributed by atoms with Crippen LogP contribution in [0.4, 0.5) is 8.78 Å². The molecule has 0 bridgehead atoms. The highest BCUT2D eigenvalue weighted by Crippen LogP contribution is 2.41. The van der Waals surface area contributed by atoms with E-state index in [1.54, 1.807) is 0 Å². The molecular formula is C11H13BrF2N2O2. The summed E-state index contributed by atoms with van der Waals surface area (Å²) >= 11 is 3.22. The van der Waals surface area contributed by atoms with Crippen LogP contribution in [0.15, 0.2) is 9.27 Å². The van der Waals surface area contributed by atoms with Gasteiger partial charge in [-0.25, -0.2) is 13.8 Å².